The Morgan fingerprint density at radius 1 is 1.06 bits per heavy atom. The summed E-state index contributed by atoms with van der Waals surface area (Å²) in [4.78, 5) is 14.9. The Morgan fingerprint density at radius 3 is 2.29 bits per heavy atom. The van der Waals surface area contributed by atoms with Crippen molar-refractivity contribution in [3.63, 3.8) is 0 Å². The zero-order valence-electron chi connectivity index (χ0n) is 10.7. The molecule has 0 bridgehead atoms. The number of anilines is 3. The van der Waals surface area contributed by atoms with E-state index < -0.39 is 0 Å². The van der Waals surface area contributed by atoms with E-state index in [9.17, 15) is 0 Å². The lowest BCUT2D eigenvalue weighted by molar-refractivity contribution is 0.741. The molecule has 0 aliphatic heterocycles. The van der Waals surface area contributed by atoms with Crippen LogP contribution in [0.4, 0.5) is 17.8 Å². The van der Waals surface area contributed by atoms with Crippen molar-refractivity contribution in [3.8, 4) is 0 Å². The Labute approximate surface area is 102 Å². The first kappa shape index (κ1) is 11.9. The van der Waals surface area contributed by atoms with E-state index in [1.807, 2.05) is 26.0 Å². The van der Waals surface area contributed by atoms with Crippen LogP contribution in [-0.2, 0) is 0 Å². The van der Waals surface area contributed by atoms with E-state index in [0.717, 1.165) is 0 Å². The van der Waals surface area contributed by atoms with Gasteiger partial charge in [-0.25, -0.2) is 0 Å². The summed E-state index contributed by atoms with van der Waals surface area (Å²) < 4.78 is 0. The van der Waals surface area contributed by atoms with Gasteiger partial charge in [-0.1, -0.05) is 12.8 Å². The smallest absolute Gasteiger partial charge is 0.231 e. The van der Waals surface area contributed by atoms with E-state index in [1.54, 1.807) is 0 Å². The first-order chi connectivity index (χ1) is 8.19. The second-order valence-corrected chi connectivity index (χ2v) is 4.55. The second kappa shape index (κ2) is 5.16. The van der Waals surface area contributed by atoms with Crippen LogP contribution in [0, 0.1) is 0 Å². The molecule has 0 amide bonds. The summed E-state index contributed by atoms with van der Waals surface area (Å²) in [5.41, 5.74) is 0. The third-order valence-corrected chi connectivity index (χ3v) is 2.94. The number of hydrogen-bond acceptors (Lipinski definition) is 6. The molecular weight excluding hydrogens is 216 g/mol. The molecule has 2 N–H and O–H groups in total. The topological polar surface area (TPSA) is 66.0 Å². The predicted octanol–water partition coefficient (Wildman–Crippen LogP) is 1.33. The molecule has 1 aliphatic carbocycles. The average molecular weight is 236 g/mol. The van der Waals surface area contributed by atoms with Crippen molar-refractivity contribution in [2.75, 3.05) is 36.7 Å². The third-order valence-electron chi connectivity index (χ3n) is 2.94. The molecular formula is C11H20N6. The van der Waals surface area contributed by atoms with Crippen LogP contribution in [0.1, 0.15) is 25.7 Å². The molecule has 1 aromatic rings. The van der Waals surface area contributed by atoms with Crippen LogP contribution in [-0.4, -0.2) is 42.1 Å². The largest absolute Gasteiger partial charge is 0.357 e. The minimum Gasteiger partial charge on any atom is -0.357 e. The summed E-state index contributed by atoms with van der Waals surface area (Å²) >= 11 is 0. The van der Waals surface area contributed by atoms with Crippen LogP contribution in [0.25, 0.3) is 0 Å². The second-order valence-electron chi connectivity index (χ2n) is 4.55. The molecule has 1 fully saturated rings. The Hall–Kier alpha value is -1.59. The molecule has 0 aromatic carbocycles. The lowest BCUT2D eigenvalue weighted by Gasteiger charge is -2.15. The zero-order chi connectivity index (χ0) is 12.3. The number of hydrogen-bond donors (Lipinski definition) is 2. The summed E-state index contributed by atoms with van der Waals surface area (Å²) in [6.07, 6.45) is 5.00. The summed E-state index contributed by atoms with van der Waals surface area (Å²) in [6, 6.07) is 0.511. The maximum absolute atomic E-state index is 4.40. The number of rotatable bonds is 4. The number of nitrogens with zero attached hydrogens (tertiary/aromatic N) is 4. The zero-order valence-corrected chi connectivity index (χ0v) is 10.7. The van der Waals surface area contributed by atoms with Gasteiger partial charge < -0.3 is 15.5 Å². The molecule has 1 aliphatic rings. The van der Waals surface area contributed by atoms with Crippen molar-refractivity contribution >= 4 is 17.8 Å². The van der Waals surface area contributed by atoms with E-state index >= 15 is 0 Å². The minimum atomic E-state index is 0.511. The van der Waals surface area contributed by atoms with Gasteiger partial charge in [0.15, 0.2) is 0 Å². The van der Waals surface area contributed by atoms with Crippen molar-refractivity contribution in [3.05, 3.63) is 0 Å². The van der Waals surface area contributed by atoms with E-state index in [2.05, 4.69) is 25.6 Å². The monoisotopic (exact) mass is 236 g/mol. The van der Waals surface area contributed by atoms with Crippen molar-refractivity contribution in [1.29, 1.82) is 0 Å². The molecule has 1 aromatic heterocycles. The maximum atomic E-state index is 4.40. The predicted molar refractivity (Wildman–Crippen MR) is 69.6 cm³/mol. The van der Waals surface area contributed by atoms with Crippen molar-refractivity contribution in [2.24, 2.45) is 0 Å². The third kappa shape index (κ3) is 2.95. The molecule has 6 heteroatoms. The summed E-state index contributed by atoms with van der Waals surface area (Å²) in [7, 11) is 5.66. The molecule has 1 saturated carbocycles. The average Bonchev–Trinajstić information content (AvgIpc) is 2.81. The van der Waals surface area contributed by atoms with Gasteiger partial charge in [-0.15, -0.1) is 0 Å². The van der Waals surface area contributed by atoms with Crippen LogP contribution >= 0.6 is 0 Å². The van der Waals surface area contributed by atoms with Crippen molar-refractivity contribution < 1.29 is 0 Å². The van der Waals surface area contributed by atoms with Gasteiger partial charge in [0.05, 0.1) is 0 Å². The fourth-order valence-electron chi connectivity index (χ4n) is 1.99. The molecule has 0 atom stereocenters. The van der Waals surface area contributed by atoms with Crippen LogP contribution in [0.15, 0.2) is 0 Å². The van der Waals surface area contributed by atoms with E-state index in [0.29, 0.717) is 23.9 Å². The van der Waals surface area contributed by atoms with Gasteiger partial charge in [0.2, 0.25) is 17.8 Å². The van der Waals surface area contributed by atoms with E-state index in [1.165, 1.54) is 25.7 Å². The van der Waals surface area contributed by atoms with Gasteiger partial charge in [0.1, 0.15) is 0 Å². The fraction of sp³-hybridized carbons (Fsp3) is 0.727. The van der Waals surface area contributed by atoms with Gasteiger partial charge in [-0.2, -0.15) is 15.0 Å². The summed E-state index contributed by atoms with van der Waals surface area (Å²) in [5, 5.41) is 6.34. The molecule has 2 rings (SSSR count). The normalized spacial score (nSPS) is 15.9. The summed E-state index contributed by atoms with van der Waals surface area (Å²) in [6.45, 7) is 0. The standard InChI is InChI=1S/C11H20N6/c1-12-9-14-10(13-8-6-4-5-7-8)16-11(15-9)17(2)3/h8H,4-7H2,1-3H3,(H2,12,13,14,15,16). The SMILES string of the molecule is CNc1nc(NC2CCCC2)nc(N(C)C)n1. The molecule has 17 heavy (non-hydrogen) atoms. The van der Waals surface area contributed by atoms with Gasteiger partial charge in [0.25, 0.3) is 0 Å². The molecule has 94 valence electrons. The van der Waals surface area contributed by atoms with Gasteiger partial charge in [0, 0.05) is 27.2 Å². The molecule has 0 unspecified atom stereocenters. The summed E-state index contributed by atoms with van der Waals surface area (Å²) in [5.74, 6) is 1.94. The molecule has 0 saturated heterocycles. The highest BCUT2D eigenvalue weighted by molar-refractivity contribution is 5.43. The number of aromatic nitrogens is 3. The number of nitrogens with one attached hydrogen (secondary N) is 2. The van der Waals surface area contributed by atoms with E-state index in [-0.39, 0.29) is 0 Å². The Morgan fingerprint density at radius 2 is 1.71 bits per heavy atom. The highest BCUT2D eigenvalue weighted by Gasteiger charge is 2.16. The first-order valence-corrected chi connectivity index (χ1v) is 6.06. The molecule has 1 heterocycles. The van der Waals surface area contributed by atoms with Crippen LogP contribution in [0.5, 0.6) is 0 Å². The van der Waals surface area contributed by atoms with Gasteiger partial charge >= 0.3 is 0 Å². The quantitative estimate of drug-likeness (QED) is 0.822. The maximum Gasteiger partial charge on any atom is 0.231 e. The van der Waals surface area contributed by atoms with Crippen molar-refractivity contribution in [1.82, 2.24) is 15.0 Å². The van der Waals surface area contributed by atoms with Crippen LogP contribution < -0.4 is 15.5 Å². The van der Waals surface area contributed by atoms with Crippen molar-refractivity contribution in [2.45, 2.75) is 31.7 Å². The lowest BCUT2D eigenvalue weighted by atomic mass is 10.3. The lowest BCUT2D eigenvalue weighted by Crippen LogP contribution is -2.20. The van der Waals surface area contributed by atoms with Crippen LogP contribution in [0.3, 0.4) is 0 Å². The fourth-order valence-corrected chi connectivity index (χ4v) is 1.99. The highest BCUT2D eigenvalue weighted by Crippen LogP contribution is 2.21. The van der Waals surface area contributed by atoms with E-state index in [4.69, 9.17) is 0 Å². The Kier molecular flexibility index (Phi) is 3.61. The Balaban J connectivity index is 2.16. The molecule has 0 radical (unpaired) electrons. The van der Waals surface area contributed by atoms with Crippen LogP contribution in [0.2, 0.25) is 0 Å². The highest BCUT2D eigenvalue weighted by atomic mass is 15.3. The van der Waals surface area contributed by atoms with Gasteiger partial charge in [-0.3, -0.25) is 0 Å². The molecule has 6 nitrogen and oxygen atoms in total. The molecule has 0 spiro atoms. The van der Waals surface area contributed by atoms with Gasteiger partial charge in [-0.05, 0) is 12.8 Å². The Bertz CT molecular complexity index is 372. The first-order valence-electron chi connectivity index (χ1n) is 6.06. The minimum absolute atomic E-state index is 0.511.